The molecule has 5 rings (SSSR count). The van der Waals surface area contributed by atoms with Crippen molar-refractivity contribution >= 4 is 17.7 Å². The number of hydrogen-bond donors (Lipinski definition) is 1. The normalized spacial score (nSPS) is 12.4. The fourth-order valence-corrected chi connectivity index (χ4v) is 4.83. The third kappa shape index (κ3) is 6.09. The molecule has 0 unspecified atom stereocenters. The van der Waals surface area contributed by atoms with Crippen LogP contribution in [0.3, 0.4) is 0 Å². The van der Waals surface area contributed by atoms with Crippen molar-refractivity contribution in [1.29, 1.82) is 0 Å². The zero-order valence-electron chi connectivity index (χ0n) is 21.1. The fraction of sp³-hybridized carbons (Fsp3) is 0.161. The van der Waals surface area contributed by atoms with Crippen molar-refractivity contribution in [2.75, 3.05) is 13.2 Å². The fourth-order valence-electron chi connectivity index (χ4n) is 4.83. The van der Waals surface area contributed by atoms with Crippen LogP contribution in [0.2, 0.25) is 0 Å². The van der Waals surface area contributed by atoms with Gasteiger partial charge >= 0.3 is 12.1 Å². The minimum absolute atomic E-state index is 0.0456. The van der Waals surface area contributed by atoms with Crippen LogP contribution in [-0.4, -0.2) is 31.3 Å². The molecule has 4 aromatic rings. The van der Waals surface area contributed by atoms with Crippen molar-refractivity contribution in [3.05, 3.63) is 136 Å². The van der Waals surface area contributed by atoms with Gasteiger partial charge in [-0.3, -0.25) is 0 Å². The summed E-state index contributed by atoms with van der Waals surface area (Å²) in [6, 6.07) is 31.6. The predicted octanol–water partition coefficient (Wildman–Crippen LogP) is 6.94. The molecule has 0 saturated heterocycles. The number of hydrogen-bond acceptors (Lipinski definition) is 5. The van der Waals surface area contributed by atoms with Gasteiger partial charge in [0.15, 0.2) is 0 Å². The molecule has 1 amide bonds. The van der Waals surface area contributed by atoms with Gasteiger partial charge in [-0.25, -0.2) is 9.59 Å². The lowest BCUT2D eigenvalue weighted by atomic mass is 9.98. The highest BCUT2D eigenvalue weighted by atomic mass is 16.6. The highest BCUT2D eigenvalue weighted by molar-refractivity contribution is 5.89. The van der Waals surface area contributed by atoms with Gasteiger partial charge in [0.2, 0.25) is 0 Å². The Morgan fingerprint density at radius 3 is 2.08 bits per heavy atom. The Morgan fingerprint density at radius 2 is 1.44 bits per heavy atom. The lowest BCUT2D eigenvalue weighted by Gasteiger charge is -2.20. The molecule has 0 radical (unpaired) electrons. The van der Waals surface area contributed by atoms with E-state index in [2.05, 4.69) is 39.6 Å². The van der Waals surface area contributed by atoms with E-state index < -0.39 is 18.1 Å². The molecule has 39 heavy (non-hydrogen) atoms. The summed E-state index contributed by atoms with van der Waals surface area (Å²) in [4.78, 5) is 28.3. The van der Waals surface area contributed by atoms with Crippen molar-refractivity contribution in [3.8, 4) is 11.1 Å². The number of carbonyl (C=O) groups excluding carboxylic acids is 2. The Hall–Kier alpha value is -5.07. The molecule has 0 fully saturated rings. The number of azide groups is 1. The summed E-state index contributed by atoms with van der Waals surface area (Å²) in [5.74, 6) is -0.600. The third-order valence-electron chi connectivity index (χ3n) is 6.67. The van der Waals surface area contributed by atoms with Crippen LogP contribution in [0.1, 0.15) is 33.0 Å². The molecule has 0 bridgehead atoms. The molecule has 0 aromatic heterocycles. The van der Waals surface area contributed by atoms with E-state index in [1.165, 1.54) is 24.3 Å². The maximum atomic E-state index is 12.9. The van der Waals surface area contributed by atoms with Gasteiger partial charge in [-0.15, -0.1) is 0 Å². The van der Waals surface area contributed by atoms with Crippen LogP contribution < -0.4 is 5.32 Å². The van der Waals surface area contributed by atoms with Crippen molar-refractivity contribution < 1.29 is 19.1 Å². The number of carbonyl (C=O) groups is 2. The molecule has 0 heterocycles. The van der Waals surface area contributed by atoms with E-state index in [-0.39, 0.29) is 19.1 Å². The van der Waals surface area contributed by atoms with Crippen LogP contribution in [0.25, 0.3) is 21.6 Å². The number of nitrogens with zero attached hydrogens (tertiary/aromatic N) is 3. The molecule has 0 aliphatic heterocycles. The number of esters is 1. The SMILES string of the molecule is [N-]=[N+]=Nc1ccc(C(=O)OC[C@H](Cc2ccccc2)NC(=O)OCC2c3ccccc3-c3ccccc32)cc1. The van der Waals surface area contributed by atoms with Crippen molar-refractivity contribution in [2.45, 2.75) is 18.4 Å². The van der Waals surface area contributed by atoms with E-state index in [1.807, 2.05) is 54.6 Å². The Labute approximate surface area is 225 Å². The molecular formula is C31H26N4O4. The predicted molar refractivity (Wildman–Crippen MR) is 148 cm³/mol. The average Bonchev–Trinajstić information content (AvgIpc) is 3.29. The first-order valence-corrected chi connectivity index (χ1v) is 12.6. The molecule has 194 valence electrons. The van der Waals surface area contributed by atoms with Crippen LogP contribution in [0, 0.1) is 0 Å². The van der Waals surface area contributed by atoms with Gasteiger partial charge in [-0.05, 0) is 51.9 Å². The van der Waals surface area contributed by atoms with Gasteiger partial charge in [-0.1, -0.05) is 96.1 Å². The second kappa shape index (κ2) is 12.0. The van der Waals surface area contributed by atoms with Crippen molar-refractivity contribution in [3.63, 3.8) is 0 Å². The molecule has 4 aromatic carbocycles. The van der Waals surface area contributed by atoms with Gasteiger partial charge < -0.3 is 14.8 Å². The summed E-state index contributed by atoms with van der Waals surface area (Å²) in [5, 5.41) is 6.38. The molecule has 1 aliphatic carbocycles. The minimum atomic E-state index is -0.576. The highest BCUT2D eigenvalue weighted by Gasteiger charge is 2.29. The van der Waals surface area contributed by atoms with Gasteiger partial charge in [0, 0.05) is 16.5 Å². The number of ether oxygens (including phenoxy) is 2. The molecule has 8 heteroatoms. The summed E-state index contributed by atoms with van der Waals surface area (Å²) < 4.78 is 11.2. The Kier molecular flexibility index (Phi) is 7.86. The number of rotatable bonds is 9. The number of benzene rings is 4. The number of fused-ring (bicyclic) bond motifs is 3. The number of nitrogens with one attached hydrogen (secondary N) is 1. The highest BCUT2D eigenvalue weighted by Crippen LogP contribution is 2.44. The van der Waals surface area contributed by atoms with Gasteiger partial charge in [0.1, 0.15) is 13.2 Å². The molecule has 8 nitrogen and oxygen atoms in total. The van der Waals surface area contributed by atoms with Crippen LogP contribution in [0.4, 0.5) is 10.5 Å². The number of amides is 1. The van der Waals surface area contributed by atoms with E-state index in [9.17, 15) is 9.59 Å². The quantitative estimate of drug-likeness (QED) is 0.112. The second-order valence-electron chi connectivity index (χ2n) is 9.19. The van der Waals surface area contributed by atoms with E-state index >= 15 is 0 Å². The van der Waals surface area contributed by atoms with E-state index in [4.69, 9.17) is 15.0 Å². The summed E-state index contributed by atoms with van der Waals surface area (Å²) in [7, 11) is 0. The minimum Gasteiger partial charge on any atom is -0.460 e. The standard InChI is InChI=1S/C31H26N4O4/c32-35-34-23-16-14-22(15-17-23)30(36)38-19-24(18-21-8-2-1-3-9-21)33-31(37)39-20-29-27-12-6-4-10-25(27)26-11-5-7-13-28(26)29/h1-17,24,29H,18-20H2,(H,33,37)/t24-/m0/s1. The second-order valence-corrected chi connectivity index (χ2v) is 9.19. The smallest absolute Gasteiger partial charge is 0.407 e. The first-order chi connectivity index (χ1) is 19.1. The van der Waals surface area contributed by atoms with Crippen LogP contribution >= 0.6 is 0 Å². The topological polar surface area (TPSA) is 113 Å². The number of alkyl carbamates (subject to hydrolysis) is 1. The summed E-state index contributed by atoms with van der Waals surface area (Å²) >= 11 is 0. The van der Waals surface area contributed by atoms with Crippen LogP contribution in [0.15, 0.2) is 108 Å². The van der Waals surface area contributed by atoms with Crippen LogP contribution in [0.5, 0.6) is 0 Å². The maximum Gasteiger partial charge on any atom is 0.407 e. The van der Waals surface area contributed by atoms with Gasteiger partial charge in [0.25, 0.3) is 0 Å². The lowest BCUT2D eigenvalue weighted by Crippen LogP contribution is -2.41. The van der Waals surface area contributed by atoms with Gasteiger partial charge in [0.05, 0.1) is 11.6 Å². The molecule has 1 N–H and O–H groups in total. The Balaban J connectivity index is 1.23. The lowest BCUT2D eigenvalue weighted by molar-refractivity contribution is 0.0457. The monoisotopic (exact) mass is 518 g/mol. The first kappa shape index (κ1) is 25.6. The Morgan fingerprint density at radius 1 is 0.821 bits per heavy atom. The zero-order chi connectivity index (χ0) is 27.0. The largest absolute Gasteiger partial charge is 0.460 e. The maximum absolute atomic E-state index is 12.9. The van der Waals surface area contributed by atoms with Gasteiger partial charge in [-0.2, -0.15) is 0 Å². The van der Waals surface area contributed by atoms with E-state index in [0.717, 1.165) is 27.8 Å². The van der Waals surface area contributed by atoms with Crippen LogP contribution in [-0.2, 0) is 15.9 Å². The summed E-state index contributed by atoms with van der Waals surface area (Å²) in [5.41, 5.74) is 14.8. The molecule has 0 spiro atoms. The van der Waals surface area contributed by atoms with E-state index in [1.54, 1.807) is 0 Å². The zero-order valence-corrected chi connectivity index (χ0v) is 21.1. The first-order valence-electron chi connectivity index (χ1n) is 12.6. The van der Waals surface area contributed by atoms with Crippen molar-refractivity contribution in [1.82, 2.24) is 5.32 Å². The average molecular weight is 519 g/mol. The molecule has 1 aliphatic rings. The summed E-state index contributed by atoms with van der Waals surface area (Å²) in [6.45, 7) is 0.144. The molecular weight excluding hydrogens is 492 g/mol. The van der Waals surface area contributed by atoms with Crippen molar-refractivity contribution in [2.24, 2.45) is 5.11 Å². The molecule has 0 saturated carbocycles. The third-order valence-corrected chi connectivity index (χ3v) is 6.67. The van der Waals surface area contributed by atoms with E-state index in [0.29, 0.717) is 17.7 Å². The Bertz CT molecular complexity index is 1470. The summed E-state index contributed by atoms with van der Waals surface area (Å²) in [6.07, 6.45) is -0.124. The molecule has 1 atom stereocenters.